The second-order valence-corrected chi connectivity index (χ2v) is 22.1. The molecule has 0 aromatic carbocycles. The lowest BCUT2D eigenvalue weighted by molar-refractivity contribution is -0.192. The van der Waals surface area contributed by atoms with Crippen LogP contribution in [0.25, 0.3) is 0 Å². The molecule has 6 saturated carbocycles. The van der Waals surface area contributed by atoms with Gasteiger partial charge in [0.2, 0.25) is 0 Å². The lowest BCUT2D eigenvalue weighted by Crippen LogP contribution is -2.67. The first-order valence-electron chi connectivity index (χ1n) is 23.1. The van der Waals surface area contributed by atoms with Crippen molar-refractivity contribution in [3.8, 4) is 0 Å². The van der Waals surface area contributed by atoms with Crippen molar-refractivity contribution in [2.45, 2.75) is 164 Å². The molecule has 2 N–H and O–H groups in total. The summed E-state index contributed by atoms with van der Waals surface area (Å²) in [5, 5.41) is 22.2. The highest BCUT2D eigenvalue weighted by molar-refractivity contribution is 5.96. The van der Waals surface area contributed by atoms with Crippen LogP contribution in [0.4, 0.5) is 0 Å². The van der Waals surface area contributed by atoms with E-state index in [1.54, 1.807) is 12.2 Å². The third-order valence-electron chi connectivity index (χ3n) is 20.6. The molecule has 4 saturated heterocycles. The van der Waals surface area contributed by atoms with Crippen molar-refractivity contribution in [3.63, 3.8) is 0 Å². The largest absolute Gasteiger partial charge is 0.469 e. The fourth-order valence-corrected chi connectivity index (χ4v) is 17.4. The molecule has 0 aromatic rings. The zero-order chi connectivity index (χ0) is 43.9. The van der Waals surface area contributed by atoms with Gasteiger partial charge in [-0.15, -0.1) is 0 Å². The summed E-state index contributed by atoms with van der Waals surface area (Å²) < 4.78 is 35.5. The highest BCUT2D eigenvalue weighted by atomic mass is 16.6. The van der Waals surface area contributed by atoms with Gasteiger partial charge in [0.25, 0.3) is 0 Å². The lowest BCUT2D eigenvalue weighted by Gasteiger charge is -2.59. The second kappa shape index (κ2) is 12.7. The number of ketones is 2. The Morgan fingerprint density at radius 1 is 0.677 bits per heavy atom. The SMILES string of the molecule is COC(=O)[C@@H]1CC2=CC(=O)C(O)C[C@]2(C)[C@@]23O[C@@H]2C[C@@]2(C)C(CC[C@@]24CCC(=O)O4)C13.COC(=O)[C@@H]1CC2=CC(=O)CC[C@]2(C)[C@@]23O[C@@H]2C(O)[C@@]2(C)C(CC[C@@]24CCC(=O)O4)C13. The van der Waals surface area contributed by atoms with Gasteiger partial charge >= 0.3 is 23.9 Å². The Bertz CT molecular complexity index is 2180. The second-order valence-electron chi connectivity index (χ2n) is 22.1. The van der Waals surface area contributed by atoms with Crippen LogP contribution in [0, 0.1) is 57.2 Å². The van der Waals surface area contributed by atoms with Crippen molar-refractivity contribution in [2.75, 3.05) is 14.2 Å². The monoisotopic (exact) mass is 860 g/mol. The minimum absolute atomic E-state index is 0.0350. The third kappa shape index (κ3) is 4.61. The van der Waals surface area contributed by atoms with Crippen LogP contribution >= 0.6 is 0 Å². The van der Waals surface area contributed by atoms with Crippen molar-refractivity contribution < 1.29 is 67.4 Å². The van der Waals surface area contributed by atoms with Gasteiger partial charge in [-0.05, 0) is 94.6 Å². The molecule has 336 valence electrons. The molecular formula is C48H60O14. The summed E-state index contributed by atoms with van der Waals surface area (Å²) >= 11 is 0. The fourth-order valence-electron chi connectivity index (χ4n) is 17.4. The van der Waals surface area contributed by atoms with Gasteiger partial charge in [-0.3, -0.25) is 28.8 Å². The molecule has 62 heavy (non-hydrogen) atoms. The van der Waals surface area contributed by atoms with Crippen LogP contribution in [0.5, 0.6) is 0 Å². The molecule has 6 unspecified atom stereocenters. The Morgan fingerprint density at radius 2 is 1.26 bits per heavy atom. The lowest BCUT2D eigenvalue weighted by atomic mass is 9.43. The number of methoxy groups -OCH3 is 2. The van der Waals surface area contributed by atoms with Gasteiger partial charge in [0.05, 0.1) is 38.3 Å². The topological polar surface area (TPSA) is 205 Å². The van der Waals surface area contributed by atoms with Crippen LogP contribution in [0.15, 0.2) is 23.3 Å². The quantitative estimate of drug-likeness (QED) is 0.227. The number of fused-ring (bicyclic) bond motifs is 8. The van der Waals surface area contributed by atoms with Crippen LogP contribution in [-0.2, 0) is 57.2 Å². The maximum atomic E-state index is 13.0. The number of hydrogen-bond acceptors (Lipinski definition) is 14. The molecular weight excluding hydrogens is 801 g/mol. The van der Waals surface area contributed by atoms with E-state index in [1.165, 1.54) is 14.2 Å². The molecule has 0 amide bonds. The molecule has 12 aliphatic rings. The number of aliphatic hydroxyl groups excluding tert-OH is 2. The van der Waals surface area contributed by atoms with E-state index in [4.69, 9.17) is 28.4 Å². The molecule has 0 radical (unpaired) electrons. The first-order chi connectivity index (χ1) is 29.3. The van der Waals surface area contributed by atoms with E-state index < -0.39 is 68.8 Å². The fraction of sp³-hybridized carbons (Fsp3) is 0.792. The molecule has 8 aliphatic carbocycles. The van der Waals surface area contributed by atoms with Gasteiger partial charge < -0.3 is 38.6 Å². The number of ether oxygens (including phenoxy) is 6. The van der Waals surface area contributed by atoms with Gasteiger partial charge in [0.1, 0.15) is 34.6 Å². The Kier molecular flexibility index (Phi) is 8.42. The van der Waals surface area contributed by atoms with E-state index in [-0.39, 0.29) is 70.6 Å². The normalized spacial score (nSPS) is 54.3. The highest BCUT2D eigenvalue weighted by Crippen LogP contribution is 2.80. The van der Waals surface area contributed by atoms with Crippen LogP contribution in [-0.4, -0.2) is 107 Å². The first-order valence-corrected chi connectivity index (χ1v) is 23.1. The average Bonchev–Trinajstić information content (AvgIpc) is 3.97. The van der Waals surface area contributed by atoms with Crippen LogP contribution < -0.4 is 0 Å². The summed E-state index contributed by atoms with van der Waals surface area (Å²) in [5.41, 5.74) is -2.43. The minimum atomic E-state index is -1.04. The van der Waals surface area contributed by atoms with E-state index >= 15 is 0 Å². The predicted molar refractivity (Wildman–Crippen MR) is 213 cm³/mol. The first kappa shape index (κ1) is 41.3. The summed E-state index contributed by atoms with van der Waals surface area (Å²) in [6.07, 6.45) is 9.31. The molecule has 4 heterocycles. The number of hydrogen-bond donors (Lipinski definition) is 2. The third-order valence-corrected chi connectivity index (χ3v) is 20.6. The zero-order valence-corrected chi connectivity index (χ0v) is 36.6. The molecule has 18 atom stereocenters. The number of carbonyl (C=O) groups is 6. The summed E-state index contributed by atoms with van der Waals surface area (Å²) in [4.78, 5) is 74.9. The van der Waals surface area contributed by atoms with Crippen LogP contribution in [0.1, 0.15) is 118 Å². The molecule has 12 rings (SSSR count). The standard InChI is InChI=1S/2C24H30O7/c1-21-7-4-13(25)10-12(21)11-14(20(28)29-3)17-15-5-8-23(9-6-16(26)30-23)22(15,2)18(27)19-24(17,21)31-19;1-21-10-16(26)15(25)9-12(21)8-13(20(28)29-3)19-14-4-6-23(7-5-18(27)31-23)22(14,2)11-17-24(19,21)30-17/h10,14-15,17-19,27H,4-9,11H2,1-3H3;9,13-14,16-17,19,26H,4-8,10-11H2,1-3H3/t14-,15?,17?,18?,19-,21+,22-,23-,24+;13-,14?,16?,17-,19?,21+,22+,23-,24-/m11/s1. The molecule has 4 aliphatic heterocycles. The van der Waals surface area contributed by atoms with Gasteiger partial charge in [0.15, 0.2) is 11.6 Å². The van der Waals surface area contributed by atoms with Gasteiger partial charge in [-0.2, -0.15) is 0 Å². The molecule has 0 bridgehead atoms. The van der Waals surface area contributed by atoms with Gasteiger partial charge in [0, 0.05) is 52.8 Å². The number of epoxide rings is 2. The Hall–Kier alpha value is -3.46. The van der Waals surface area contributed by atoms with Crippen LogP contribution in [0.3, 0.4) is 0 Å². The Balaban J connectivity index is 0.000000139. The maximum absolute atomic E-state index is 13.0. The molecule has 4 spiro atoms. The number of rotatable bonds is 2. The predicted octanol–water partition coefficient (Wildman–Crippen LogP) is 4.19. The Morgan fingerprint density at radius 3 is 1.87 bits per heavy atom. The van der Waals surface area contributed by atoms with Crippen LogP contribution in [0.2, 0.25) is 0 Å². The van der Waals surface area contributed by atoms with Gasteiger partial charge in [-0.25, -0.2) is 0 Å². The summed E-state index contributed by atoms with van der Waals surface area (Å²) in [6, 6.07) is 0. The van der Waals surface area contributed by atoms with E-state index in [0.717, 1.165) is 43.3 Å². The summed E-state index contributed by atoms with van der Waals surface area (Å²) in [6.45, 7) is 8.49. The minimum Gasteiger partial charge on any atom is -0.469 e. The van der Waals surface area contributed by atoms with Crippen molar-refractivity contribution in [2.24, 2.45) is 57.2 Å². The smallest absolute Gasteiger partial charge is 0.309 e. The molecule has 14 heteroatoms. The highest BCUT2D eigenvalue weighted by Gasteiger charge is 2.87. The molecule has 0 aromatic heterocycles. The van der Waals surface area contributed by atoms with E-state index in [1.807, 2.05) is 6.92 Å². The summed E-state index contributed by atoms with van der Waals surface area (Å²) in [5.74, 6) is -2.08. The number of esters is 4. The van der Waals surface area contributed by atoms with Gasteiger partial charge in [-0.1, -0.05) is 38.8 Å². The van der Waals surface area contributed by atoms with E-state index in [0.29, 0.717) is 57.8 Å². The molecule has 14 nitrogen and oxygen atoms in total. The Labute approximate surface area is 361 Å². The van der Waals surface area contributed by atoms with Crippen molar-refractivity contribution >= 4 is 35.4 Å². The van der Waals surface area contributed by atoms with Crippen molar-refractivity contribution in [1.82, 2.24) is 0 Å². The summed E-state index contributed by atoms with van der Waals surface area (Å²) in [7, 11) is 2.81. The van der Waals surface area contributed by atoms with Crippen molar-refractivity contribution in [1.29, 1.82) is 0 Å². The average molecular weight is 861 g/mol. The van der Waals surface area contributed by atoms with E-state index in [9.17, 15) is 39.0 Å². The van der Waals surface area contributed by atoms with Crippen molar-refractivity contribution in [3.05, 3.63) is 23.3 Å². The zero-order valence-electron chi connectivity index (χ0n) is 36.6. The van der Waals surface area contributed by atoms with E-state index in [2.05, 4.69) is 20.8 Å². The molecule has 10 fully saturated rings. The number of aliphatic hydroxyl groups is 2. The maximum Gasteiger partial charge on any atom is 0.309 e. The number of carbonyl (C=O) groups excluding carboxylic acids is 6.